The second-order valence-electron chi connectivity index (χ2n) is 4.75. The molecule has 1 unspecified atom stereocenters. The highest BCUT2D eigenvalue weighted by atomic mass is 35.5. The minimum Gasteiger partial charge on any atom is -0.334 e. The summed E-state index contributed by atoms with van der Waals surface area (Å²) in [6.07, 6.45) is 3.73. The number of pyridine rings is 1. The number of nitrogens with zero attached hydrogens (tertiary/aromatic N) is 2. The molecule has 1 aromatic rings. The van der Waals surface area contributed by atoms with Gasteiger partial charge >= 0.3 is 0 Å². The second kappa shape index (κ2) is 3.60. The summed E-state index contributed by atoms with van der Waals surface area (Å²) < 4.78 is 1.43. The van der Waals surface area contributed by atoms with E-state index in [-0.39, 0.29) is 16.8 Å². The lowest BCUT2D eigenvalue weighted by Gasteiger charge is -2.31. The van der Waals surface area contributed by atoms with E-state index in [0.29, 0.717) is 23.7 Å². The zero-order valence-corrected chi connectivity index (χ0v) is 10.3. The lowest BCUT2D eigenvalue weighted by molar-refractivity contribution is 0.0722. The minimum atomic E-state index is -0.266. The molecule has 1 saturated carbocycles. The van der Waals surface area contributed by atoms with E-state index in [1.54, 1.807) is 13.2 Å². The largest absolute Gasteiger partial charge is 0.334 e. The molecule has 0 bridgehead atoms. The first kappa shape index (κ1) is 10.8. The predicted molar refractivity (Wildman–Crippen MR) is 64.3 cm³/mol. The Bertz CT molecular complexity index is 548. The van der Waals surface area contributed by atoms with Crippen LogP contribution in [0.25, 0.3) is 0 Å². The average Bonchev–Trinajstić information content (AvgIpc) is 3.10. The Morgan fingerprint density at radius 1 is 1.35 bits per heavy atom. The minimum absolute atomic E-state index is 0.00926. The quantitative estimate of drug-likeness (QED) is 0.707. The van der Waals surface area contributed by atoms with Gasteiger partial charge in [0.25, 0.3) is 11.5 Å². The molecule has 0 N–H and O–H groups in total. The maximum Gasteiger partial charge on any atom is 0.255 e. The summed E-state index contributed by atoms with van der Waals surface area (Å²) in [5.41, 5.74) is 1.13. The van der Waals surface area contributed by atoms with E-state index in [2.05, 4.69) is 0 Å². The van der Waals surface area contributed by atoms with Gasteiger partial charge in [0.15, 0.2) is 0 Å². The highest BCUT2D eigenvalue weighted by Gasteiger charge is 2.39. The van der Waals surface area contributed by atoms with Crippen molar-refractivity contribution in [2.24, 2.45) is 7.05 Å². The summed E-state index contributed by atoms with van der Waals surface area (Å²) in [5, 5.41) is -0.266. The lowest BCUT2D eigenvalue weighted by atomic mass is 10.0. The van der Waals surface area contributed by atoms with Crippen LogP contribution in [0.15, 0.2) is 17.1 Å². The zero-order valence-electron chi connectivity index (χ0n) is 9.52. The molecule has 0 radical (unpaired) electrons. The molecule has 1 amide bonds. The number of rotatable bonds is 1. The molecule has 17 heavy (non-hydrogen) atoms. The third-order valence-electron chi connectivity index (χ3n) is 3.43. The van der Waals surface area contributed by atoms with Gasteiger partial charge in [-0.2, -0.15) is 0 Å². The lowest BCUT2D eigenvalue weighted by Crippen LogP contribution is -2.41. The van der Waals surface area contributed by atoms with Crippen LogP contribution in [0, 0.1) is 0 Å². The van der Waals surface area contributed by atoms with Crippen molar-refractivity contribution in [3.63, 3.8) is 0 Å². The van der Waals surface area contributed by atoms with Crippen molar-refractivity contribution < 1.29 is 4.79 Å². The molecular formula is C12H13ClN2O2. The number of hydrogen-bond acceptors (Lipinski definition) is 2. The van der Waals surface area contributed by atoms with Gasteiger partial charge in [-0.3, -0.25) is 9.59 Å². The first-order valence-electron chi connectivity index (χ1n) is 5.73. The summed E-state index contributed by atoms with van der Waals surface area (Å²) >= 11 is 6.26. The molecule has 1 fully saturated rings. The third kappa shape index (κ3) is 1.67. The number of fused-ring (bicyclic) bond motifs is 1. The van der Waals surface area contributed by atoms with Crippen molar-refractivity contribution in [3.05, 3.63) is 33.7 Å². The Hall–Kier alpha value is -1.29. The van der Waals surface area contributed by atoms with Crippen LogP contribution in [0.3, 0.4) is 0 Å². The fourth-order valence-corrected chi connectivity index (χ4v) is 2.62. The number of alkyl halides is 1. The fourth-order valence-electron chi connectivity index (χ4n) is 2.29. The van der Waals surface area contributed by atoms with Crippen LogP contribution in [-0.2, 0) is 7.05 Å². The van der Waals surface area contributed by atoms with Gasteiger partial charge in [0, 0.05) is 31.9 Å². The summed E-state index contributed by atoms with van der Waals surface area (Å²) in [6.45, 7) is 0.519. The van der Waals surface area contributed by atoms with Gasteiger partial charge in [-0.15, -0.1) is 11.6 Å². The number of aromatic nitrogens is 1. The number of carbonyl (C=O) groups is 1. The van der Waals surface area contributed by atoms with Crippen LogP contribution in [0.1, 0.15) is 34.1 Å². The maximum atomic E-state index is 12.3. The number of hydrogen-bond donors (Lipinski definition) is 0. The van der Waals surface area contributed by atoms with Crippen molar-refractivity contribution in [1.29, 1.82) is 0 Å². The smallest absolute Gasteiger partial charge is 0.255 e. The standard InChI is InChI=1S/C12H13ClN2O2/c1-14-5-9-8(4-11(14)16)10(13)6-15(12(9)17)7-2-3-7/h4-5,7,10H,2-3,6H2,1H3. The van der Waals surface area contributed by atoms with Gasteiger partial charge in [0.05, 0.1) is 10.9 Å². The van der Waals surface area contributed by atoms with E-state index in [1.807, 2.05) is 4.90 Å². The summed E-state index contributed by atoms with van der Waals surface area (Å²) in [6, 6.07) is 1.84. The third-order valence-corrected chi connectivity index (χ3v) is 3.81. The fraction of sp³-hybridized carbons (Fsp3) is 0.500. The SMILES string of the molecule is Cn1cc2c(cc1=O)C(Cl)CN(C1CC1)C2=O. The van der Waals surface area contributed by atoms with Gasteiger partial charge in [-0.1, -0.05) is 0 Å². The molecule has 2 aliphatic rings. The molecule has 0 aromatic carbocycles. The molecule has 5 heteroatoms. The topological polar surface area (TPSA) is 42.3 Å². The van der Waals surface area contributed by atoms with Crippen LogP contribution in [0.4, 0.5) is 0 Å². The monoisotopic (exact) mass is 252 g/mol. The Labute approximate surface area is 104 Å². The van der Waals surface area contributed by atoms with E-state index in [1.165, 1.54) is 10.6 Å². The van der Waals surface area contributed by atoms with Crippen LogP contribution >= 0.6 is 11.6 Å². The highest BCUT2D eigenvalue weighted by molar-refractivity contribution is 6.22. The molecule has 1 aliphatic heterocycles. The molecule has 1 atom stereocenters. The van der Waals surface area contributed by atoms with E-state index in [0.717, 1.165) is 12.8 Å². The number of carbonyl (C=O) groups excluding carboxylic acids is 1. The molecule has 3 rings (SSSR count). The van der Waals surface area contributed by atoms with Crippen molar-refractivity contribution in [1.82, 2.24) is 9.47 Å². The highest BCUT2D eigenvalue weighted by Crippen LogP contribution is 2.36. The number of halogens is 1. The Kier molecular flexibility index (Phi) is 2.30. The Balaban J connectivity index is 2.11. The first-order valence-corrected chi connectivity index (χ1v) is 6.17. The Morgan fingerprint density at radius 3 is 2.71 bits per heavy atom. The first-order chi connectivity index (χ1) is 8.08. The van der Waals surface area contributed by atoms with E-state index < -0.39 is 0 Å². The van der Waals surface area contributed by atoms with E-state index >= 15 is 0 Å². The van der Waals surface area contributed by atoms with Crippen LogP contribution < -0.4 is 5.56 Å². The maximum absolute atomic E-state index is 12.3. The average molecular weight is 253 g/mol. The molecule has 4 nitrogen and oxygen atoms in total. The molecular weight excluding hydrogens is 240 g/mol. The van der Waals surface area contributed by atoms with Gasteiger partial charge in [0.2, 0.25) is 0 Å². The van der Waals surface area contributed by atoms with Gasteiger partial charge in [0.1, 0.15) is 0 Å². The van der Waals surface area contributed by atoms with Crippen LogP contribution in [-0.4, -0.2) is 28.0 Å². The van der Waals surface area contributed by atoms with Crippen molar-refractivity contribution in [2.45, 2.75) is 24.3 Å². The summed E-state index contributed by atoms with van der Waals surface area (Å²) in [7, 11) is 1.65. The molecule has 1 aliphatic carbocycles. The van der Waals surface area contributed by atoms with Gasteiger partial charge < -0.3 is 9.47 Å². The van der Waals surface area contributed by atoms with Crippen LogP contribution in [0.2, 0.25) is 0 Å². The number of aryl methyl sites for hydroxylation is 1. The summed E-state index contributed by atoms with van der Waals surface area (Å²) in [5.74, 6) is 0.00926. The van der Waals surface area contributed by atoms with Crippen molar-refractivity contribution in [3.8, 4) is 0 Å². The predicted octanol–water partition coefficient (Wildman–Crippen LogP) is 1.28. The van der Waals surface area contributed by atoms with E-state index in [4.69, 9.17) is 11.6 Å². The molecule has 0 spiro atoms. The zero-order chi connectivity index (χ0) is 12.2. The van der Waals surface area contributed by atoms with Crippen molar-refractivity contribution >= 4 is 17.5 Å². The normalized spacial score (nSPS) is 23.8. The summed E-state index contributed by atoms with van der Waals surface area (Å²) in [4.78, 5) is 25.6. The second-order valence-corrected chi connectivity index (χ2v) is 5.27. The van der Waals surface area contributed by atoms with Gasteiger partial charge in [-0.05, 0) is 18.4 Å². The van der Waals surface area contributed by atoms with Crippen LogP contribution in [0.5, 0.6) is 0 Å². The van der Waals surface area contributed by atoms with E-state index in [9.17, 15) is 9.59 Å². The number of amides is 1. The van der Waals surface area contributed by atoms with Gasteiger partial charge in [-0.25, -0.2) is 0 Å². The molecule has 90 valence electrons. The molecule has 0 saturated heterocycles. The Morgan fingerprint density at radius 2 is 2.06 bits per heavy atom. The molecule has 1 aromatic heterocycles. The molecule has 2 heterocycles. The van der Waals surface area contributed by atoms with Crippen molar-refractivity contribution in [2.75, 3.05) is 6.54 Å².